The standard InChI is InChI=1S/C20H33NO2/c1-5-6-10-19(13-17(2)15-23-4)14-21(16-22)18(3)20-11-8-7-9-12-20/h7-9,11-12,16-19H,5-6,10,13-15H2,1-4H3/t17?,18-,19+/m0/s1. The van der Waals surface area contributed by atoms with Crippen molar-refractivity contribution < 1.29 is 9.53 Å². The van der Waals surface area contributed by atoms with Crippen molar-refractivity contribution in [3.63, 3.8) is 0 Å². The van der Waals surface area contributed by atoms with Crippen LogP contribution in [0.25, 0.3) is 0 Å². The fourth-order valence-corrected chi connectivity index (χ4v) is 3.21. The van der Waals surface area contributed by atoms with E-state index in [2.05, 4.69) is 32.9 Å². The summed E-state index contributed by atoms with van der Waals surface area (Å²) in [5, 5.41) is 0. The summed E-state index contributed by atoms with van der Waals surface area (Å²) in [6.45, 7) is 8.18. The van der Waals surface area contributed by atoms with Crippen LogP contribution in [0.3, 0.4) is 0 Å². The first-order valence-electron chi connectivity index (χ1n) is 8.87. The van der Waals surface area contributed by atoms with Crippen LogP contribution in [-0.2, 0) is 9.53 Å². The van der Waals surface area contributed by atoms with E-state index in [-0.39, 0.29) is 6.04 Å². The number of carbonyl (C=O) groups is 1. The largest absolute Gasteiger partial charge is 0.384 e. The lowest BCUT2D eigenvalue weighted by molar-refractivity contribution is -0.120. The van der Waals surface area contributed by atoms with E-state index in [1.54, 1.807) is 7.11 Å². The number of amides is 1. The zero-order chi connectivity index (χ0) is 17.1. The highest BCUT2D eigenvalue weighted by Gasteiger charge is 2.20. The number of rotatable bonds is 12. The van der Waals surface area contributed by atoms with Crippen molar-refractivity contribution in [2.24, 2.45) is 11.8 Å². The number of benzene rings is 1. The summed E-state index contributed by atoms with van der Waals surface area (Å²) < 4.78 is 5.27. The van der Waals surface area contributed by atoms with E-state index in [0.29, 0.717) is 11.8 Å². The Kier molecular flexibility index (Phi) is 9.61. The van der Waals surface area contributed by atoms with Gasteiger partial charge in [0.1, 0.15) is 0 Å². The zero-order valence-electron chi connectivity index (χ0n) is 15.2. The van der Waals surface area contributed by atoms with Crippen molar-refractivity contribution in [2.45, 2.75) is 52.5 Å². The van der Waals surface area contributed by atoms with Crippen LogP contribution in [0.5, 0.6) is 0 Å². The molecule has 0 aliphatic carbocycles. The molecule has 0 aromatic heterocycles. The van der Waals surface area contributed by atoms with Gasteiger partial charge in [-0.1, -0.05) is 57.0 Å². The number of unbranched alkanes of at least 4 members (excludes halogenated alkanes) is 1. The summed E-state index contributed by atoms with van der Waals surface area (Å²) in [5.41, 5.74) is 1.19. The summed E-state index contributed by atoms with van der Waals surface area (Å²) in [6, 6.07) is 10.4. The molecule has 0 heterocycles. The summed E-state index contributed by atoms with van der Waals surface area (Å²) in [5.74, 6) is 1.07. The van der Waals surface area contributed by atoms with Crippen LogP contribution in [0.2, 0.25) is 0 Å². The molecule has 3 atom stereocenters. The van der Waals surface area contributed by atoms with Crippen LogP contribution < -0.4 is 0 Å². The quantitative estimate of drug-likeness (QED) is 0.523. The fourth-order valence-electron chi connectivity index (χ4n) is 3.21. The summed E-state index contributed by atoms with van der Waals surface area (Å²) >= 11 is 0. The topological polar surface area (TPSA) is 29.5 Å². The highest BCUT2D eigenvalue weighted by molar-refractivity contribution is 5.48. The molecule has 1 amide bonds. The van der Waals surface area contributed by atoms with Crippen LogP contribution >= 0.6 is 0 Å². The van der Waals surface area contributed by atoms with E-state index in [1.165, 1.54) is 24.8 Å². The molecule has 130 valence electrons. The van der Waals surface area contributed by atoms with Gasteiger partial charge in [0, 0.05) is 20.3 Å². The lowest BCUT2D eigenvalue weighted by atomic mass is 9.90. The molecule has 0 N–H and O–H groups in total. The number of hydrogen-bond donors (Lipinski definition) is 0. The van der Waals surface area contributed by atoms with E-state index in [0.717, 1.165) is 26.0 Å². The molecule has 0 aliphatic heterocycles. The minimum absolute atomic E-state index is 0.121. The lowest BCUT2D eigenvalue weighted by Crippen LogP contribution is -2.32. The first kappa shape index (κ1) is 19.7. The van der Waals surface area contributed by atoms with Crippen LogP contribution in [-0.4, -0.2) is 31.6 Å². The molecular weight excluding hydrogens is 286 g/mol. The molecule has 1 aromatic carbocycles. The van der Waals surface area contributed by atoms with Gasteiger partial charge in [-0.3, -0.25) is 4.79 Å². The average Bonchev–Trinajstić information content (AvgIpc) is 2.57. The lowest BCUT2D eigenvalue weighted by Gasteiger charge is -2.31. The highest BCUT2D eigenvalue weighted by Crippen LogP contribution is 2.25. The van der Waals surface area contributed by atoms with Crippen molar-refractivity contribution in [2.75, 3.05) is 20.3 Å². The van der Waals surface area contributed by atoms with E-state index < -0.39 is 0 Å². The SMILES string of the molecule is CCCC[C@H](CC(C)COC)CN(C=O)[C@@H](C)c1ccccc1. The zero-order valence-corrected chi connectivity index (χ0v) is 15.2. The number of hydrogen-bond acceptors (Lipinski definition) is 2. The van der Waals surface area contributed by atoms with E-state index in [1.807, 2.05) is 23.1 Å². The Hall–Kier alpha value is -1.35. The molecule has 3 nitrogen and oxygen atoms in total. The van der Waals surface area contributed by atoms with Gasteiger partial charge in [-0.05, 0) is 37.2 Å². The van der Waals surface area contributed by atoms with Crippen molar-refractivity contribution >= 4 is 6.41 Å². The van der Waals surface area contributed by atoms with Gasteiger partial charge in [0.2, 0.25) is 6.41 Å². The summed E-state index contributed by atoms with van der Waals surface area (Å²) in [6.07, 6.45) is 5.72. The third-order valence-corrected chi connectivity index (χ3v) is 4.54. The Labute approximate surface area is 142 Å². The van der Waals surface area contributed by atoms with Gasteiger partial charge in [-0.2, -0.15) is 0 Å². The highest BCUT2D eigenvalue weighted by atomic mass is 16.5. The van der Waals surface area contributed by atoms with Crippen LogP contribution in [0.15, 0.2) is 30.3 Å². The molecule has 0 saturated heterocycles. The van der Waals surface area contributed by atoms with Crippen molar-refractivity contribution in [3.8, 4) is 0 Å². The molecule has 0 saturated carbocycles. The maximum Gasteiger partial charge on any atom is 0.210 e. The Bertz CT molecular complexity index is 421. The molecule has 1 aromatic rings. The van der Waals surface area contributed by atoms with Gasteiger partial charge >= 0.3 is 0 Å². The second kappa shape index (κ2) is 11.2. The maximum atomic E-state index is 11.6. The third-order valence-electron chi connectivity index (χ3n) is 4.54. The van der Waals surface area contributed by atoms with Gasteiger partial charge in [-0.25, -0.2) is 0 Å². The molecule has 1 rings (SSSR count). The van der Waals surface area contributed by atoms with Gasteiger partial charge in [0.05, 0.1) is 6.04 Å². The fraction of sp³-hybridized carbons (Fsp3) is 0.650. The number of carbonyl (C=O) groups excluding carboxylic acids is 1. The second-order valence-corrected chi connectivity index (χ2v) is 6.69. The van der Waals surface area contributed by atoms with Crippen molar-refractivity contribution in [1.82, 2.24) is 4.90 Å². The van der Waals surface area contributed by atoms with Gasteiger partial charge < -0.3 is 9.64 Å². The Morgan fingerprint density at radius 3 is 2.48 bits per heavy atom. The van der Waals surface area contributed by atoms with Crippen molar-refractivity contribution in [1.29, 1.82) is 0 Å². The molecule has 0 fully saturated rings. The maximum absolute atomic E-state index is 11.6. The molecule has 3 heteroatoms. The minimum atomic E-state index is 0.121. The predicted octanol–water partition coefficient (Wildman–Crippen LogP) is 4.69. The molecule has 0 aliphatic rings. The molecular formula is C20H33NO2. The van der Waals surface area contributed by atoms with Gasteiger partial charge in [-0.15, -0.1) is 0 Å². The Morgan fingerprint density at radius 2 is 1.91 bits per heavy atom. The first-order valence-corrected chi connectivity index (χ1v) is 8.87. The Balaban J connectivity index is 2.70. The van der Waals surface area contributed by atoms with E-state index >= 15 is 0 Å². The minimum Gasteiger partial charge on any atom is -0.384 e. The number of nitrogens with zero attached hydrogens (tertiary/aromatic N) is 1. The van der Waals surface area contributed by atoms with Crippen LogP contribution in [0.4, 0.5) is 0 Å². The number of ether oxygens (including phenoxy) is 1. The van der Waals surface area contributed by atoms with Crippen LogP contribution in [0.1, 0.15) is 58.1 Å². The van der Waals surface area contributed by atoms with E-state index in [4.69, 9.17) is 4.74 Å². The average molecular weight is 319 g/mol. The van der Waals surface area contributed by atoms with Crippen LogP contribution in [0, 0.1) is 11.8 Å². The number of methoxy groups -OCH3 is 1. The molecule has 23 heavy (non-hydrogen) atoms. The predicted molar refractivity (Wildman–Crippen MR) is 96.3 cm³/mol. The second-order valence-electron chi connectivity index (χ2n) is 6.69. The van der Waals surface area contributed by atoms with Gasteiger partial charge in [0.15, 0.2) is 0 Å². The van der Waals surface area contributed by atoms with Crippen molar-refractivity contribution in [3.05, 3.63) is 35.9 Å². The normalized spacial score (nSPS) is 15.0. The smallest absolute Gasteiger partial charge is 0.210 e. The summed E-state index contributed by atoms with van der Waals surface area (Å²) in [7, 11) is 1.76. The molecule has 0 spiro atoms. The monoisotopic (exact) mass is 319 g/mol. The third kappa shape index (κ3) is 7.17. The van der Waals surface area contributed by atoms with E-state index in [9.17, 15) is 4.79 Å². The molecule has 0 bridgehead atoms. The molecule has 0 radical (unpaired) electrons. The summed E-state index contributed by atoms with van der Waals surface area (Å²) in [4.78, 5) is 13.6. The molecule has 1 unspecified atom stereocenters. The van der Waals surface area contributed by atoms with Gasteiger partial charge in [0.25, 0.3) is 0 Å². The Morgan fingerprint density at radius 1 is 1.22 bits per heavy atom. The first-order chi connectivity index (χ1) is 11.1.